The van der Waals surface area contributed by atoms with Crippen molar-refractivity contribution >= 4 is 12.1 Å². The second kappa shape index (κ2) is 10.5. The van der Waals surface area contributed by atoms with E-state index < -0.39 is 35.5 Å². The lowest BCUT2D eigenvalue weighted by molar-refractivity contribution is -0.286. The molecule has 36 heavy (non-hydrogen) atoms. The van der Waals surface area contributed by atoms with Gasteiger partial charge in [0, 0.05) is 12.7 Å². The quantitative estimate of drug-likeness (QED) is 0.569. The molecule has 0 bridgehead atoms. The van der Waals surface area contributed by atoms with E-state index in [0.717, 1.165) is 25.5 Å². The highest BCUT2D eigenvalue weighted by Crippen LogP contribution is 2.45. The number of ether oxygens (including phenoxy) is 3. The van der Waals surface area contributed by atoms with Crippen LogP contribution in [0.25, 0.3) is 0 Å². The van der Waals surface area contributed by atoms with Crippen LogP contribution in [0.4, 0.5) is 18.0 Å². The van der Waals surface area contributed by atoms with Gasteiger partial charge in [0.05, 0.1) is 19.1 Å². The van der Waals surface area contributed by atoms with Crippen molar-refractivity contribution in [2.24, 2.45) is 0 Å². The van der Waals surface area contributed by atoms with Gasteiger partial charge in [-0.1, -0.05) is 67.1 Å². The number of likely N-dealkylation sites (tertiary alicyclic amines) is 1. The highest BCUT2D eigenvalue weighted by Gasteiger charge is 2.66. The molecule has 2 atom stereocenters. The van der Waals surface area contributed by atoms with Crippen LogP contribution in [0, 0.1) is 0 Å². The van der Waals surface area contributed by atoms with E-state index in [0.29, 0.717) is 13.0 Å². The molecule has 0 aliphatic carbocycles. The van der Waals surface area contributed by atoms with Gasteiger partial charge in [-0.3, -0.25) is 4.90 Å². The number of hydrogen-bond acceptors (Lipinski definition) is 6. The van der Waals surface area contributed by atoms with Crippen LogP contribution in [-0.2, 0) is 31.2 Å². The van der Waals surface area contributed by atoms with E-state index in [-0.39, 0.29) is 25.3 Å². The first-order valence-electron chi connectivity index (χ1n) is 11.8. The summed E-state index contributed by atoms with van der Waals surface area (Å²) < 4.78 is 59.1. The summed E-state index contributed by atoms with van der Waals surface area (Å²) >= 11 is 0. The molecule has 2 aliphatic rings. The number of methoxy groups -OCH3 is 1. The number of benzene rings is 2. The third-order valence-electron chi connectivity index (χ3n) is 6.79. The number of nitrogens with one attached hydrogen (secondary N) is 1. The van der Waals surface area contributed by atoms with Crippen LogP contribution in [0.15, 0.2) is 60.7 Å². The van der Waals surface area contributed by atoms with Gasteiger partial charge in [0.25, 0.3) is 5.60 Å². The largest absolute Gasteiger partial charge is 0.451 e. The molecule has 0 saturated carbocycles. The normalized spacial score (nSPS) is 21.1. The first-order chi connectivity index (χ1) is 17.2. The second-order valence-corrected chi connectivity index (χ2v) is 9.10. The second-order valence-electron chi connectivity index (χ2n) is 9.10. The zero-order chi connectivity index (χ0) is 25.8. The maximum Gasteiger partial charge on any atom is 0.432 e. The minimum atomic E-state index is -5.08. The number of rotatable bonds is 7. The Kier molecular flexibility index (Phi) is 7.56. The van der Waals surface area contributed by atoms with Crippen molar-refractivity contribution in [3.63, 3.8) is 0 Å². The molecule has 2 aromatic carbocycles. The van der Waals surface area contributed by atoms with Crippen LogP contribution in [0.3, 0.4) is 0 Å². The fraction of sp³-hybridized carbons (Fsp3) is 0.462. The average molecular weight is 507 g/mol. The monoisotopic (exact) mass is 506 g/mol. The lowest BCUT2D eigenvalue weighted by atomic mass is 9.81. The number of alkyl halides is 3. The average Bonchev–Trinajstić information content (AvgIpc) is 2.86. The number of carbonyl (C=O) groups excluding carboxylic acids is 2. The molecule has 0 spiro atoms. The van der Waals surface area contributed by atoms with Gasteiger partial charge in [0.2, 0.25) is 0 Å². The van der Waals surface area contributed by atoms with Gasteiger partial charge in [0.1, 0.15) is 6.61 Å². The molecule has 4 rings (SSSR count). The Morgan fingerprint density at radius 1 is 1.03 bits per heavy atom. The molecule has 2 fully saturated rings. The Labute approximate surface area is 207 Å². The lowest BCUT2D eigenvalue weighted by Gasteiger charge is -2.54. The molecule has 2 heterocycles. The molecular formula is C26H29F3N2O5. The van der Waals surface area contributed by atoms with Crippen LogP contribution in [-0.4, -0.2) is 61.5 Å². The number of halogens is 3. The van der Waals surface area contributed by atoms with Gasteiger partial charge in [-0.05, 0) is 24.9 Å². The number of esters is 1. The molecule has 1 N–H and O–H groups in total. The van der Waals surface area contributed by atoms with E-state index in [1.807, 2.05) is 30.3 Å². The minimum Gasteiger partial charge on any atom is -0.451 e. The number of carbonyl (C=O) groups is 2. The van der Waals surface area contributed by atoms with Gasteiger partial charge in [-0.25, -0.2) is 9.59 Å². The molecule has 2 aromatic rings. The molecule has 7 nitrogen and oxygen atoms in total. The Bertz CT molecular complexity index is 1040. The van der Waals surface area contributed by atoms with E-state index in [1.165, 1.54) is 29.2 Å². The zero-order valence-corrected chi connectivity index (χ0v) is 19.9. The minimum absolute atomic E-state index is 0.0551. The molecule has 0 radical (unpaired) electrons. The van der Waals surface area contributed by atoms with Crippen molar-refractivity contribution in [1.29, 1.82) is 0 Å². The standard InChI is InChI=1S/C26H29F3N2O5/c1-34-25(26(27,28)29,20-12-6-3-7-13-20)22(32)36-24(21-14-8-9-15-30-21)17-31(18-24)23(33)35-16-19-10-4-2-5-11-19/h2-7,10-13,21,30H,8-9,14-18H2,1H3/t21-,25-/m1/s1. The zero-order valence-electron chi connectivity index (χ0n) is 19.9. The highest BCUT2D eigenvalue weighted by molar-refractivity contribution is 5.83. The summed E-state index contributed by atoms with van der Waals surface area (Å²) in [5, 5.41) is 3.25. The van der Waals surface area contributed by atoms with Crippen molar-refractivity contribution in [2.45, 2.75) is 49.3 Å². The van der Waals surface area contributed by atoms with Crippen molar-refractivity contribution in [2.75, 3.05) is 26.7 Å². The highest BCUT2D eigenvalue weighted by atomic mass is 19.4. The summed E-state index contributed by atoms with van der Waals surface area (Å²) in [7, 11) is 0.835. The number of amides is 1. The maximum atomic E-state index is 14.4. The summed E-state index contributed by atoms with van der Waals surface area (Å²) in [5.74, 6) is -1.56. The molecule has 1 amide bonds. The molecule has 2 aliphatic heterocycles. The first-order valence-corrected chi connectivity index (χ1v) is 11.8. The van der Waals surface area contributed by atoms with Crippen molar-refractivity contribution in [1.82, 2.24) is 10.2 Å². The SMILES string of the molecule is CO[C@@](C(=O)OC1([C@H]2CCCCN2)CN(C(=O)OCc2ccccc2)C1)(c1ccccc1)C(F)(F)F. The van der Waals surface area contributed by atoms with Crippen molar-refractivity contribution < 1.29 is 37.0 Å². The first kappa shape index (κ1) is 26.0. The number of nitrogens with zero attached hydrogens (tertiary/aromatic N) is 1. The number of hydrogen-bond donors (Lipinski definition) is 1. The van der Waals surface area contributed by atoms with Crippen molar-refractivity contribution in [3.05, 3.63) is 71.8 Å². The van der Waals surface area contributed by atoms with E-state index >= 15 is 0 Å². The predicted octanol–water partition coefficient (Wildman–Crippen LogP) is 4.17. The Morgan fingerprint density at radius 2 is 1.67 bits per heavy atom. The Balaban J connectivity index is 1.54. The topological polar surface area (TPSA) is 77.1 Å². The Morgan fingerprint density at radius 3 is 2.22 bits per heavy atom. The summed E-state index contributed by atoms with van der Waals surface area (Å²) in [6, 6.07) is 15.4. The van der Waals surface area contributed by atoms with Crippen LogP contribution in [0.2, 0.25) is 0 Å². The van der Waals surface area contributed by atoms with Crippen LogP contribution in [0.5, 0.6) is 0 Å². The smallest absolute Gasteiger partial charge is 0.432 e. The van der Waals surface area contributed by atoms with Crippen LogP contribution < -0.4 is 5.32 Å². The molecule has 0 unspecified atom stereocenters. The molecule has 194 valence electrons. The van der Waals surface area contributed by atoms with Crippen molar-refractivity contribution in [3.8, 4) is 0 Å². The van der Waals surface area contributed by atoms with Gasteiger partial charge >= 0.3 is 18.2 Å². The molecule has 2 saturated heterocycles. The van der Waals surface area contributed by atoms with Gasteiger partial charge in [-0.2, -0.15) is 13.2 Å². The number of piperidine rings is 1. The van der Waals surface area contributed by atoms with Gasteiger partial charge in [0.15, 0.2) is 5.60 Å². The van der Waals surface area contributed by atoms with Crippen LogP contribution in [0.1, 0.15) is 30.4 Å². The molecule has 0 aromatic heterocycles. The summed E-state index contributed by atoms with van der Waals surface area (Å²) in [4.78, 5) is 27.3. The lowest BCUT2D eigenvalue weighted by Crippen LogP contribution is -2.74. The van der Waals surface area contributed by atoms with E-state index in [1.54, 1.807) is 6.07 Å². The van der Waals surface area contributed by atoms with E-state index in [4.69, 9.17) is 14.2 Å². The fourth-order valence-corrected chi connectivity index (χ4v) is 4.84. The third kappa shape index (κ3) is 4.92. The fourth-order valence-electron chi connectivity index (χ4n) is 4.84. The summed E-state index contributed by atoms with van der Waals surface area (Å²) in [6.45, 7) is 0.516. The third-order valence-corrected chi connectivity index (χ3v) is 6.79. The van der Waals surface area contributed by atoms with E-state index in [2.05, 4.69) is 5.32 Å². The molecule has 10 heteroatoms. The molecular weight excluding hydrogens is 477 g/mol. The van der Waals surface area contributed by atoms with E-state index in [9.17, 15) is 22.8 Å². The maximum absolute atomic E-state index is 14.4. The summed E-state index contributed by atoms with van der Waals surface area (Å²) in [6.07, 6.45) is -3.39. The predicted molar refractivity (Wildman–Crippen MR) is 124 cm³/mol. The summed E-state index contributed by atoms with van der Waals surface area (Å²) in [5.41, 5.74) is -4.22. The van der Waals surface area contributed by atoms with Gasteiger partial charge < -0.3 is 19.5 Å². The van der Waals surface area contributed by atoms with Gasteiger partial charge in [-0.15, -0.1) is 0 Å². The van der Waals surface area contributed by atoms with Crippen LogP contribution >= 0.6 is 0 Å². The Hall–Kier alpha value is -3.11.